The van der Waals surface area contributed by atoms with Gasteiger partial charge in [0.15, 0.2) is 5.69 Å². The molecule has 138 valence electrons. The van der Waals surface area contributed by atoms with Crippen molar-refractivity contribution in [2.24, 2.45) is 5.73 Å². The molecule has 1 amide bonds. The molecule has 6 nitrogen and oxygen atoms in total. The molecule has 1 fully saturated rings. The van der Waals surface area contributed by atoms with Gasteiger partial charge in [-0.3, -0.25) is 14.8 Å². The van der Waals surface area contributed by atoms with Gasteiger partial charge < -0.3 is 11.1 Å². The number of nitrogens with two attached hydrogens (primary N) is 1. The van der Waals surface area contributed by atoms with Crippen LogP contribution in [0.3, 0.4) is 0 Å². The summed E-state index contributed by atoms with van der Waals surface area (Å²) in [7, 11) is 0. The van der Waals surface area contributed by atoms with E-state index >= 15 is 0 Å². The van der Waals surface area contributed by atoms with Crippen molar-refractivity contribution in [3.05, 3.63) is 17.5 Å². The number of hydrogen-bond acceptors (Lipinski definition) is 4. The average Bonchev–Trinajstić information content (AvgIpc) is 2.95. The van der Waals surface area contributed by atoms with Gasteiger partial charge >= 0.3 is 6.18 Å². The standard InChI is InChI=1S/C14H22F3N5O.ClH/c15-14(16,17)12-7-10(20-21-12)9-22-6-2-1-3-11(22)8-19-13(23)4-5-18;/h7,11H,1-6,8-9,18H2,(H,19,23)(H,20,21);1H. The van der Waals surface area contributed by atoms with Crippen molar-refractivity contribution in [2.75, 3.05) is 19.6 Å². The van der Waals surface area contributed by atoms with Crippen molar-refractivity contribution < 1.29 is 18.0 Å². The van der Waals surface area contributed by atoms with Crippen molar-refractivity contribution in [3.63, 3.8) is 0 Å². The van der Waals surface area contributed by atoms with Gasteiger partial charge in [-0.2, -0.15) is 18.3 Å². The summed E-state index contributed by atoms with van der Waals surface area (Å²) in [5.74, 6) is -0.0982. The summed E-state index contributed by atoms with van der Waals surface area (Å²) >= 11 is 0. The Bertz CT molecular complexity index is 523. The minimum absolute atomic E-state index is 0. The van der Waals surface area contributed by atoms with E-state index in [1.165, 1.54) is 0 Å². The zero-order valence-electron chi connectivity index (χ0n) is 13.2. The fraction of sp³-hybridized carbons (Fsp3) is 0.714. The van der Waals surface area contributed by atoms with Crippen LogP contribution in [0.1, 0.15) is 37.1 Å². The predicted octanol–water partition coefficient (Wildman–Crippen LogP) is 1.67. The van der Waals surface area contributed by atoms with Crippen molar-refractivity contribution >= 4 is 18.3 Å². The van der Waals surface area contributed by atoms with Crippen LogP contribution in [0.2, 0.25) is 0 Å². The maximum atomic E-state index is 12.6. The third kappa shape index (κ3) is 5.95. The molecule has 1 aliphatic heterocycles. The lowest BCUT2D eigenvalue weighted by molar-refractivity contribution is -0.141. The summed E-state index contributed by atoms with van der Waals surface area (Å²) in [6, 6.07) is 1.15. The summed E-state index contributed by atoms with van der Waals surface area (Å²) in [5, 5.41) is 8.60. The highest BCUT2D eigenvalue weighted by atomic mass is 35.5. The van der Waals surface area contributed by atoms with Gasteiger partial charge in [-0.25, -0.2) is 0 Å². The highest BCUT2D eigenvalue weighted by Crippen LogP contribution is 2.28. The number of nitrogens with zero attached hydrogens (tertiary/aromatic N) is 2. The van der Waals surface area contributed by atoms with Crippen molar-refractivity contribution in [2.45, 2.75) is 44.4 Å². The van der Waals surface area contributed by atoms with Crippen LogP contribution in [0.25, 0.3) is 0 Å². The number of H-pyrrole nitrogens is 1. The molecule has 0 bridgehead atoms. The molecule has 1 aliphatic rings. The van der Waals surface area contributed by atoms with Crippen LogP contribution in [0, 0.1) is 0 Å². The normalized spacial score (nSPS) is 18.9. The van der Waals surface area contributed by atoms with Gasteiger partial charge in [-0.15, -0.1) is 12.4 Å². The lowest BCUT2D eigenvalue weighted by Crippen LogP contribution is -2.46. The molecule has 0 saturated carbocycles. The lowest BCUT2D eigenvalue weighted by atomic mass is 10.0. The molecule has 4 N–H and O–H groups in total. The fourth-order valence-electron chi connectivity index (χ4n) is 2.76. The van der Waals surface area contributed by atoms with Gasteiger partial charge in [0, 0.05) is 37.8 Å². The fourth-order valence-corrected chi connectivity index (χ4v) is 2.76. The van der Waals surface area contributed by atoms with Crippen molar-refractivity contribution in [3.8, 4) is 0 Å². The third-order valence-corrected chi connectivity index (χ3v) is 3.95. The number of hydrogen-bond donors (Lipinski definition) is 3. The Morgan fingerprint density at radius 2 is 2.21 bits per heavy atom. The number of aromatic nitrogens is 2. The number of rotatable bonds is 6. The molecule has 10 heteroatoms. The van der Waals surface area contributed by atoms with E-state index in [9.17, 15) is 18.0 Å². The Labute approximate surface area is 144 Å². The second-order valence-corrected chi connectivity index (χ2v) is 5.74. The first-order chi connectivity index (χ1) is 10.9. The Hall–Kier alpha value is -1.32. The van der Waals surface area contributed by atoms with Crippen LogP contribution in [0.5, 0.6) is 0 Å². The van der Waals surface area contributed by atoms with Crippen LogP contribution in [-0.4, -0.2) is 46.7 Å². The van der Waals surface area contributed by atoms with E-state index in [4.69, 9.17) is 5.73 Å². The van der Waals surface area contributed by atoms with Gasteiger partial charge in [-0.05, 0) is 25.5 Å². The average molecular weight is 370 g/mol. The summed E-state index contributed by atoms with van der Waals surface area (Å²) in [6.45, 7) is 1.94. The van der Waals surface area contributed by atoms with E-state index in [1.54, 1.807) is 0 Å². The second kappa shape index (κ2) is 9.24. The third-order valence-electron chi connectivity index (χ3n) is 3.95. The highest BCUT2D eigenvalue weighted by molar-refractivity contribution is 5.85. The first-order valence-corrected chi connectivity index (χ1v) is 7.72. The Morgan fingerprint density at radius 3 is 2.83 bits per heavy atom. The number of aromatic amines is 1. The molecule has 1 aromatic heterocycles. The second-order valence-electron chi connectivity index (χ2n) is 5.74. The van der Waals surface area contributed by atoms with Crippen LogP contribution in [-0.2, 0) is 17.5 Å². The molecule has 0 radical (unpaired) electrons. The van der Waals surface area contributed by atoms with Gasteiger partial charge in [0.1, 0.15) is 0 Å². The quantitative estimate of drug-likeness (QED) is 0.712. The summed E-state index contributed by atoms with van der Waals surface area (Å²) < 4.78 is 37.8. The smallest absolute Gasteiger partial charge is 0.354 e. The molecule has 1 atom stereocenters. The van der Waals surface area contributed by atoms with Crippen LogP contribution < -0.4 is 11.1 Å². The number of amides is 1. The molecule has 0 aromatic carbocycles. The Balaban J connectivity index is 0.00000288. The Kier molecular flexibility index (Phi) is 7.98. The van der Waals surface area contributed by atoms with Gasteiger partial charge in [0.2, 0.25) is 5.91 Å². The van der Waals surface area contributed by atoms with E-state index in [2.05, 4.69) is 20.4 Å². The molecular formula is C14H23ClF3N5O. The topological polar surface area (TPSA) is 87.0 Å². The van der Waals surface area contributed by atoms with Crippen LogP contribution in [0.15, 0.2) is 6.07 Å². The number of halogens is 4. The molecular weight excluding hydrogens is 347 g/mol. The van der Waals surface area contributed by atoms with E-state index < -0.39 is 11.9 Å². The van der Waals surface area contributed by atoms with Gasteiger partial charge in [0.05, 0.1) is 0 Å². The SMILES string of the molecule is Cl.NCCC(=O)NCC1CCCCN1Cc1cc(C(F)(F)F)n[nH]1. The van der Waals surface area contributed by atoms with E-state index in [-0.39, 0.29) is 30.8 Å². The Morgan fingerprint density at radius 1 is 1.46 bits per heavy atom. The molecule has 2 rings (SSSR count). The summed E-state index contributed by atoms with van der Waals surface area (Å²) in [6.07, 6.45) is -1.21. The van der Waals surface area contributed by atoms with Crippen LogP contribution >= 0.6 is 12.4 Å². The van der Waals surface area contributed by atoms with E-state index in [0.717, 1.165) is 31.9 Å². The molecule has 0 spiro atoms. The molecule has 1 aromatic rings. The first-order valence-electron chi connectivity index (χ1n) is 7.72. The van der Waals surface area contributed by atoms with E-state index in [1.807, 2.05) is 0 Å². The molecule has 1 unspecified atom stereocenters. The predicted molar refractivity (Wildman–Crippen MR) is 85.6 cm³/mol. The van der Waals surface area contributed by atoms with Crippen molar-refractivity contribution in [1.82, 2.24) is 20.4 Å². The van der Waals surface area contributed by atoms with Gasteiger partial charge in [0.25, 0.3) is 0 Å². The maximum Gasteiger partial charge on any atom is 0.435 e. The number of piperidine rings is 1. The van der Waals surface area contributed by atoms with Crippen LogP contribution in [0.4, 0.5) is 13.2 Å². The molecule has 2 heterocycles. The number of carbonyl (C=O) groups excluding carboxylic acids is 1. The van der Waals surface area contributed by atoms with E-state index in [0.29, 0.717) is 25.3 Å². The number of nitrogens with one attached hydrogen (secondary N) is 2. The molecule has 24 heavy (non-hydrogen) atoms. The number of alkyl halides is 3. The minimum atomic E-state index is -4.44. The molecule has 1 saturated heterocycles. The number of carbonyl (C=O) groups is 1. The largest absolute Gasteiger partial charge is 0.435 e. The van der Waals surface area contributed by atoms with Crippen molar-refractivity contribution in [1.29, 1.82) is 0 Å². The summed E-state index contributed by atoms with van der Waals surface area (Å²) in [5.41, 5.74) is 4.85. The van der Waals surface area contributed by atoms with Gasteiger partial charge in [-0.1, -0.05) is 6.42 Å². The minimum Gasteiger partial charge on any atom is -0.354 e. The lowest BCUT2D eigenvalue weighted by Gasteiger charge is -2.35. The molecule has 0 aliphatic carbocycles. The first kappa shape index (κ1) is 20.7. The zero-order chi connectivity index (χ0) is 16.9. The highest BCUT2D eigenvalue weighted by Gasteiger charge is 2.34. The number of likely N-dealkylation sites (tertiary alicyclic amines) is 1. The summed E-state index contributed by atoms with van der Waals surface area (Å²) in [4.78, 5) is 13.6. The maximum absolute atomic E-state index is 12.6. The zero-order valence-corrected chi connectivity index (χ0v) is 14.1. The monoisotopic (exact) mass is 369 g/mol.